The Morgan fingerprint density at radius 2 is 2.09 bits per heavy atom. The lowest BCUT2D eigenvalue weighted by atomic mass is 9.88. The van der Waals surface area contributed by atoms with Gasteiger partial charge in [-0.3, -0.25) is 9.59 Å². The number of primary amides is 1. The highest BCUT2D eigenvalue weighted by molar-refractivity contribution is 7.10. The van der Waals surface area contributed by atoms with E-state index in [4.69, 9.17) is 10.7 Å². The van der Waals surface area contributed by atoms with Crippen LogP contribution in [0.15, 0.2) is 60.0 Å². The van der Waals surface area contributed by atoms with Gasteiger partial charge in [-0.2, -0.15) is 0 Å². The largest absolute Gasteiger partial charge is 0.376 e. The van der Waals surface area contributed by atoms with Crippen LogP contribution in [0.3, 0.4) is 0 Å². The van der Waals surface area contributed by atoms with E-state index in [0.717, 1.165) is 24.1 Å². The molecule has 0 radical (unpaired) electrons. The Hall–Kier alpha value is -3.56. The van der Waals surface area contributed by atoms with Crippen LogP contribution >= 0.6 is 11.3 Å². The van der Waals surface area contributed by atoms with E-state index in [-0.39, 0.29) is 17.6 Å². The molecule has 5 rings (SSSR count). The first-order chi connectivity index (χ1) is 16.8. The van der Waals surface area contributed by atoms with Crippen LogP contribution in [0, 0.1) is 0 Å². The highest BCUT2D eigenvalue weighted by atomic mass is 32.1. The molecule has 2 amide bonds. The van der Waals surface area contributed by atoms with Gasteiger partial charge in [-0.05, 0) is 41.5 Å². The molecule has 1 aromatic carbocycles. The fourth-order valence-corrected chi connectivity index (χ4v) is 5.54. The highest BCUT2D eigenvalue weighted by Gasteiger charge is 2.45. The molecule has 180 valence electrons. The standard InChI is InChI=1S/C26H27N5O3S/c1-16(26(34)9-11-30(2)25(26)33)13-17-5-3-6-18(14-17)24-28-19(23(27)32)15-22(29-24)31-10-8-20(31)21-7-4-12-35-21/h3-7,12,14-15,20,34H,1,8-11,13H2,2H3,(H2,27,32). The zero-order valence-corrected chi connectivity index (χ0v) is 20.3. The van der Waals surface area contributed by atoms with Gasteiger partial charge in [0, 0.05) is 43.1 Å². The van der Waals surface area contributed by atoms with Crippen molar-refractivity contribution in [2.24, 2.45) is 5.73 Å². The number of hydrogen-bond acceptors (Lipinski definition) is 7. The summed E-state index contributed by atoms with van der Waals surface area (Å²) in [6, 6.07) is 13.5. The molecule has 8 nitrogen and oxygen atoms in total. The van der Waals surface area contributed by atoms with Crippen molar-refractivity contribution in [1.29, 1.82) is 0 Å². The number of carbonyl (C=O) groups is 2. The van der Waals surface area contributed by atoms with Crippen LogP contribution in [0.4, 0.5) is 5.82 Å². The van der Waals surface area contributed by atoms with E-state index in [2.05, 4.69) is 27.9 Å². The van der Waals surface area contributed by atoms with Crippen molar-refractivity contribution in [3.05, 3.63) is 76.1 Å². The van der Waals surface area contributed by atoms with Crippen LogP contribution < -0.4 is 10.6 Å². The van der Waals surface area contributed by atoms with Crippen molar-refractivity contribution in [2.45, 2.75) is 30.9 Å². The Morgan fingerprint density at radius 1 is 1.26 bits per heavy atom. The molecule has 4 heterocycles. The maximum atomic E-state index is 12.4. The lowest BCUT2D eigenvalue weighted by Gasteiger charge is -2.41. The van der Waals surface area contributed by atoms with E-state index < -0.39 is 11.5 Å². The van der Waals surface area contributed by atoms with Crippen LogP contribution in [-0.4, -0.2) is 57.5 Å². The van der Waals surface area contributed by atoms with E-state index in [1.165, 1.54) is 9.78 Å². The summed E-state index contributed by atoms with van der Waals surface area (Å²) in [5.41, 5.74) is 6.24. The van der Waals surface area contributed by atoms with Crippen molar-refractivity contribution < 1.29 is 14.7 Å². The summed E-state index contributed by atoms with van der Waals surface area (Å²) in [5.74, 6) is 0.127. The van der Waals surface area contributed by atoms with Gasteiger partial charge >= 0.3 is 0 Å². The van der Waals surface area contributed by atoms with E-state index in [0.29, 0.717) is 36.6 Å². The third-order valence-electron chi connectivity index (χ3n) is 6.85. The number of likely N-dealkylation sites (N-methyl/N-ethyl adjacent to an activating group) is 1. The molecular weight excluding hydrogens is 462 g/mol. The summed E-state index contributed by atoms with van der Waals surface area (Å²) in [6.07, 6.45) is 1.67. The predicted molar refractivity (Wildman–Crippen MR) is 135 cm³/mol. The van der Waals surface area contributed by atoms with Gasteiger partial charge in [0.25, 0.3) is 11.8 Å². The van der Waals surface area contributed by atoms with Gasteiger partial charge in [0.2, 0.25) is 0 Å². The smallest absolute Gasteiger partial charge is 0.267 e. The number of hydrogen-bond donors (Lipinski definition) is 2. The van der Waals surface area contributed by atoms with Crippen molar-refractivity contribution in [1.82, 2.24) is 14.9 Å². The minimum Gasteiger partial charge on any atom is -0.376 e. The Kier molecular flexibility index (Phi) is 5.90. The summed E-state index contributed by atoms with van der Waals surface area (Å²) in [5, 5.41) is 13.0. The molecule has 35 heavy (non-hydrogen) atoms. The molecule has 2 saturated heterocycles. The van der Waals surface area contributed by atoms with E-state index in [9.17, 15) is 14.7 Å². The van der Waals surface area contributed by atoms with Crippen LogP contribution in [0.25, 0.3) is 11.4 Å². The zero-order chi connectivity index (χ0) is 24.7. The first kappa shape index (κ1) is 23.2. The maximum Gasteiger partial charge on any atom is 0.267 e. The second kappa shape index (κ2) is 8.90. The Labute approximate surface area is 207 Å². The molecule has 2 unspecified atom stereocenters. The quantitative estimate of drug-likeness (QED) is 0.494. The van der Waals surface area contributed by atoms with Gasteiger partial charge in [-0.1, -0.05) is 30.8 Å². The van der Waals surface area contributed by atoms with Gasteiger partial charge < -0.3 is 20.6 Å². The fraction of sp³-hybridized carbons (Fsp3) is 0.308. The third-order valence-corrected chi connectivity index (χ3v) is 7.82. The normalized spacial score (nSPS) is 21.8. The van der Waals surface area contributed by atoms with Crippen LogP contribution in [0.5, 0.6) is 0 Å². The number of thiophene rings is 1. The summed E-state index contributed by atoms with van der Waals surface area (Å²) in [6.45, 7) is 5.35. The number of carbonyl (C=O) groups excluding carboxylic acids is 2. The van der Waals surface area contributed by atoms with Crippen molar-refractivity contribution in [2.75, 3.05) is 25.0 Å². The number of amides is 2. The van der Waals surface area contributed by atoms with Gasteiger partial charge in [-0.25, -0.2) is 9.97 Å². The summed E-state index contributed by atoms with van der Waals surface area (Å²) >= 11 is 1.70. The van der Waals surface area contributed by atoms with Gasteiger partial charge in [0.1, 0.15) is 11.5 Å². The topological polar surface area (TPSA) is 113 Å². The molecule has 0 bridgehead atoms. The molecule has 2 fully saturated rings. The third kappa shape index (κ3) is 4.21. The summed E-state index contributed by atoms with van der Waals surface area (Å²) < 4.78 is 0. The van der Waals surface area contributed by atoms with Crippen LogP contribution in [0.1, 0.15) is 39.8 Å². The SMILES string of the molecule is C=C(Cc1cccc(-c2nc(C(N)=O)cc(N3CCC3c3cccs3)n2)c1)C1(O)CCN(C)C1=O. The number of nitrogens with two attached hydrogens (primary N) is 1. The maximum absolute atomic E-state index is 12.4. The van der Waals surface area contributed by atoms with E-state index in [1.54, 1.807) is 24.5 Å². The first-order valence-electron chi connectivity index (χ1n) is 11.5. The number of rotatable bonds is 7. The first-order valence-corrected chi connectivity index (χ1v) is 12.4. The average molecular weight is 490 g/mol. The lowest BCUT2D eigenvalue weighted by molar-refractivity contribution is -0.139. The summed E-state index contributed by atoms with van der Waals surface area (Å²) in [7, 11) is 1.68. The molecular formula is C26H27N5O3S. The second-order valence-electron chi connectivity index (χ2n) is 9.13. The van der Waals surface area contributed by atoms with Gasteiger partial charge in [0.05, 0.1) is 6.04 Å². The molecule has 0 saturated carbocycles. The minimum absolute atomic E-state index is 0.158. The Balaban J connectivity index is 1.44. The molecule has 9 heteroatoms. The van der Waals surface area contributed by atoms with E-state index >= 15 is 0 Å². The fourth-order valence-electron chi connectivity index (χ4n) is 4.67. The number of aromatic nitrogens is 2. The molecule has 2 atom stereocenters. The highest BCUT2D eigenvalue weighted by Crippen LogP contribution is 2.39. The zero-order valence-electron chi connectivity index (χ0n) is 19.5. The predicted octanol–water partition coefficient (Wildman–Crippen LogP) is 2.95. The van der Waals surface area contributed by atoms with Crippen LogP contribution in [-0.2, 0) is 11.2 Å². The Morgan fingerprint density at radius 3 is 2.71 bits per heavy atom. The molecule has 2 aliphatic rings. The monoisotopic (exact) mass is 489 g/mol. The number of benzene rings is 1. The molecule has 3 aromatic rings. The number of nitrogens with zero attached hydrogens (tertiary/aromatic N) is 4. The number of likely N-dealkylation sites (tertiary alicyclic amines) is 1. The molecule has 0 aliphatic carbocycles. The second-order valence-corrected chi connectivity index (χ2v) is 10.1. The number of aliphatic hydroxyl groups is 1. The van der Waals surface area contributed by atoms with E-state index in [1.807, 2.05) is 30.3 Å². The van der Waals surface area contributed by atoms with Gasteiger partial charge in [0.15, 0.2) is 11.4 Å². The Bertz CT molecular complexity index is 1310. The molecule has 3 N–H and O–H groups in total. The number of anilines is 1. The molecule has 0 spiro atoms. The van der Waals surface area contributed by atoms with Crippen molar-refractivity contribution in [3.8, 4) is 11.4 Å². The minimum atomic E-state index is -1.55. The average Bonchev–Trinajstić information content (AvgIpc) is 3.43. The summed E-state index contributed by atoms with van der Waals surface area (Å²) in [4.78, 5) is 38.6. The lowest BCUT2D eigenvalue weighted by Crippen LogP contribution is -2.41. The molecule has 2 aliphatic heterocycles. The van der Waals surface area contributed by atoms with Crippen molar-refractivity contribution in [3.63, 3.8) is 0 Å². The molecule has 2 aromatic heterocycles. The van der Waals surface area contributed by atoms with Crippen LogP contribution in [0.2, 0.25) is 0 Å². The van der Waals surface area contributed by atoms with Crippen molar-refractivity contribution >= 4 is 29.0 Å². The van der Waals surface area contributed by atoms with Gasteiger partial charge in [-0.15, -0.1) is 11.3 Å².